The molecule has 0 atom stereocenters. The van der Waals surface area contributed by atoms with Gasteiger partial charge in [-0.25, -0.2) is 4.79 Å². The number of rotatable bonds is 6. The first-order chi connectivity index (χ1) is 15.3. The Morgan fingerprint density at radius 3 is 2.22 bits per heavy atom. The van der Waals surface area contributed by atoms with Crippen molar-refractivity contribution in [2.75, 3.05) is 6.61 Å². The van der Waals surface area contributed by atoms with Crippen molar-refractivity contribution < 1.29 is 14.6 Å². The largest absolute Gasteiger partial charge is 0.482 e. The second kappa shape index (κ2) is 8.88. The minimum Gasteiger partial charge on any atom is -0.482 e. The van der Waals surface area contributed by atoms with Gasteiger partial charge in [-0.3, -0.25) is 0 Å². The van der Waals surface area contributed by atoms with Gasteiger partial charge < -0.3 is 9.84 Å². The fraction of sp³-hybridized carbons (Fsp3) is 0.207. The number of benzene rings is 4. The van der Waals surface area contributed by atoms with E-state index in [4.69, 9.17) is 9.84 Å². The molecule has 4 rings (SSSR count). The van der Waals surface area contributed by atoms with Crippen molar-refractivity contribution in [3.05, 3.63) is 102 Å². The van der Waals surface area contributed by atoms with Crippen molar-refractivity contribution >= 4 is 16.7 Å². The Morgan fingerprint density at radius 2 is 1.50 bits per heavy atom. The van der Waals surface area contributed by atoms with E-state index >= 15 is 0 Å². The Morgan fingerprint density at radius 1 is 0.812 bits per heavy atom. The van der Waals surface area contributed by atoms with E-state index in [0.29, 0.717) is 12.2 Å². The molecule has 4 aromatic carbocycles. The van der Waals surface area contributed by atoms with Crippen LogP contribution in [0.15, 0.2) is 84.9 Å². The van der Waals surface area contributed by atoms with Crippen LogP contribution in [0, 0.1) is 0 Å². The lowest BCUT2D eigenvalue weighted by Gasteiger charge is -2.19. The van der Waals surface area contributed by atoms with E-state index in [1.165, 1.54) is 21.9 Å². The molecule has 0 aliphatic heterocycles. The molecule has 32 heavy (non-hydrogen) atoms. The van der Waals surface area contributed by atoms with Gasteiger partial charge in [-0.05, 0) is 56.1 Å². The van der Waals surface area contributed by atoms with Gasteiger partial charge in [0.1, 0.15) is 5.75 Å². The molecule has 0 radical (unpaired) electrons. The van der Waals surface area contributed by atoms with Crippen LogP contribution in [0.25, 0.3) is 21.9 Å². The SMILES string of the molecule is CC(C)(C)c1ccc(-c2ccc(OCC(=O)O)c(Cc3cccc4ccccc34)c2)cc1. The molecule has 1 N–H and O–H groups in total. The van der Waals surface area contributed by atoms with Gasteiger partial charge in [0.05, 0.1) is 0 Å². The number of hydrogen-bond donors (Lipinski definition) is 1. The van der Waals surface area contributed by atoms with Crippen molar-refractivity contribution in [2.24, 2.45) is 0 Å². The monoisotopic (exact) mass is 424 g/mol. The number of hydrogen-bond acceptors (Lipinski definition) is 2. The second-order valence-corrected chi connectivity index (χ2v) is 9.15. The number of aliphatic carboxylic acids is 1. The highest BCUT2D eigenvalue weighted by atomic mass is 16.5. The lowest BCUT2D eigenvalue weighted by atomic mass is 9.86. The van der Waals surface area contributed by atoms with Crippen molar-refractivity contribution in [1.82, 2.24) is 0 Å². The molecule has 0 saturated heterocycles. The smallest absolute Gasteiger partial charge is 0.341 e. The van der Waals surface area contributed by atoms with Gasteiger partial charge >= 0.3 is 5.97 Å². The molecule has 0 spiro atoms. The summed E-state index contributed by atoms with van der Waals surface area (Å²) >= 11 is 0. The first kappa shape index (κ1) is 21.6. The Hall–Kier alpha value is -3.59. The van der Waals surface area contributed by atoms with Gasteiger partial charge in [-0.15, -0.1) is 0 Å². The van der Waals surface area contributed by atoms with Crippen LogP contribution in [-0.4, -0.2) is 17.7 Å². The van der Waals surface area contributed by atoms with Gasteiger partial charge in [0, 0.05) is 6.42 Å². The summed E-state index contributed by atoms with van der Waals surface area (Å²) in [5.41, 5.74) is 5.76. The number of carboxylic acids is 1. The number of fused-ring (bicyclic) bond motifs is 1. The van der Waals surface area contributed by atoms with Crippen LogP contribution in [0.5, 0.6) is 5.75 Å². The summed E-state index contributed by atoms with van der Waals surface area (Å²) in [4.78, 5) is 11.1. The molecule has 0 saturated carbocycles. The third-order valence-corrected chi connectivity index (χ3v) is 5.76. The van der Waals surface area contributed by atoms with E-state index < -0.39 is 5.97 Å². The minimum absolute atomic E-state index is 0.104. The Balaban J connectivity index is 1.73. The number of ether oxygens (including phenoxy) is 1. The van der Waals surface area contributed by atoms with E-state index in [1.807, 2.05) is 24.3 Å². The summed E-state index contributed by atoms with van der Waals surface area (Å²) in [7, 11) is 0. The maximum absolute atomic E-state index is 11.1. The highest BCUT2D eigenvalue weighted by Crippen LogP contribution is 2.32. The summed E-state index contributed by atoms with van der Waals surface area (Å²) in [5, 5.41) is 11.5. The molecule has 162 valence electrons. The quantitative estimate of drug-likeness (QED) is 0.368. The van der Waals surface area contributed by atoms with E-state index in [0.717, 1.165) is 16.7 Å². The van der Waals surface area contributed by atoms with Crippen LogP contribution >= 0.6 is 0 Å². The predicted octanol–water partition coefficient (Wildman–Crippen LogP) is 6.86. The molecule has 0 amide bonds. The van der Waals surface area contributed by atoms with Crippen LogP contribution in [0.2, 0.25) is 0 Å². The fourth-order valence-corrected chi connectivity index (χ4v) is 3.99. The molecule has 3 heteroatoms. The van der Waals surface area contributed by atoms with Crippen molar-refractivity contribution in [3.8, 4) is 16.9 Å². The third-order valence-electron chi connectivity index (χ3n) is 5.76. The Bertz CT molecular complexity index is 1240. The van der Waals surface area contributed by atoms with Gasteiger partial charge in [0.2, 0.25) is 0 Å². The zero-order valence-corrected chi connectivity index (χ0v) is 18.8. The van der Waals surface area contributed by atoms with Crippen molar-refractivity contribution in [2.45, 2.75) is 32.6 Å². The summed E-state index contributed by atoms with van der Waals surface area (Å²) in [6.45, 7) is 6.26. The molecule has 3 nitrogen and oxygen atoms in total. The van der Waals surface area contributed by atoms with Crippen molar-refractivity contribution in [1.29, 1.82) is 0 Å². The van der Waals surface area contributed by atoms with Gasteiger partial charge in [0.15, 0.2) is 6.61 Å². The summed E-state index contributed by atoms with van der Waals surface area (Å²) in [6.07, 6.45) is 0.657. The first-order valence-corrected chi connectivity index (χ1v) is 10.9. The lowest BCUT2D eigenvalue weighted by Crippen LogP contribution is -2.11. The topological polar surface area (TPSA) is 46.5 Å². The van der Waals surface area contributed by atoms with Gasteiger partial charge in [-0.1, -0.05) is 93.6 Å². The Labute approximate surface area is 189 Å². The first-order valence-electron chi connectivity index (χ1n) is 10.9. The molecule has 0 unspecified atom stereocenters. The second-order valence-electron chi connectivity index (χ2n) is 9.15. The lowest BCUT2D eigenvalue weighted by molar-refractivity contribution is -0.139. The van der Waals surface area contributed by atoms with Crippen LogP contribution in [0.4, 0.5) is 0 Å². The molecule has 4 aromatic rings. The normalized spacial score (nSPS) is 11.5. The minimum atomic E-state index is -0.983. The average Bonchev–Trinajstić information content (AvgIpc) is 2.78. The maximum Gasteiger partial charge on any atom is 0.341 e. The summed E-state index contributed by atoms with van der Waals surface area (Å²) < 4.78 is 5.64. The third kappa shape index (κ3) is 4.83. The molecular weight excluding hydrogens is 396 g/mol. The molecule has 0 heterocycles. The summed E-state index contributed by atoms with van der Waals surface area (Å²) in [5.74, 6) is -0.377. The van der Waals surface area contributed by atoms with Crippen LogP contribution < -0.4 is 4.74 Å². The molecular formula is C29H28O3. The molecule has 0 aliphatic carbocycles. The number of carboxylic acid groups (broad SMARTS) is 1. The van der Waals surface area contributed by atoms with E-state index in [2.05, 4.69) is 81.4 Å². The van der Waals surface area contributed by atoms with E-state index in [1.54, 1.807) is 0 Å². The average molecular weight is 425 g/mol. The zero-order valence-electron chi connectivity index (χ0n) is 18.8. The van der Waals surface area contributed by atoms with E-state index in [-0.39, 0.29) is 12.0 Å². The van der Waals surface area contributed by atoms with Crippen LogP contribution in [0.1, 0.15) is 37.5 Å². The maximum atomic E-state index is 11.1. The molecule has 0 fully saturated rings. The van der Waals surface area contributed by atoms with Gasteiger partial charge in [0.25, 0.3) is 0 Å². The molecule has 0 aromatic heterocycles. The van der Waals surface area contributed by atoms with Crippen LogP contribution in [-0.2, 0) is 16.6 Å². The standard InChI is InChI=1S/C29H28O3/c1-29(2,3)25-14-11-20(12-15-25)22-13-16-27(32-19-28(30)31)24(17-22)18-23-9-6-8-21-7-4-5-10-26(21)23/h4-17H,18-19H2,1-3H3,(H,30,31). The fourth-order valence-electron chi connectivity index (χ4n) is 3.99. The zero-order chi connectivity index (χ0) is 22.7. The Kier molecular flexibility index (Phi) is 6.00. The van der Waals surface area contributed by atoms with Gasteiger partial charge in [-0.2, -0.15) is 0 Å². The van der Waals surface area contributed by atoms with E-state index in [9.17, 15) is 4.79 Å². The van der Waals surface area contributed by atoms with Crippen LogP contribution in [0.3, 0.4) is 0 Å². The molecule has 0 aliphatic rings. The van der Waals surface area contributed by atoms with Crippen molar-refractivity contribution in [3.63, 3.8) is 0 Å². The molecule has 0 bridgehead atoms. The predicted molar refractivity (Wildman–Crippen MR) is 130 cm³/mol. The summed E-state index contributed by atoms with van der Waals surface area (Å²) in [6, 6.07) is 29.2. The highest BCUT2D eigenvalue weighted by molar-refractivity contribution is 5.86. The number of carbonyl (C=O) groups is 1. The highest BCUT2D eigenvalue weighted by Gasteiger charge is 2.14.